The summed E-state index contributed by atoms with van der Waals surface area (Å²) >= 11 is 0. The zero-order valence-electron chi connectivity index (χ0n) is 20.1. The quantitative estimate of drug-likeness (QED) is 0.265. The number of sulfonamides is 1. The summed E-state index contributed by atoms with van der Waals surface area (Å²) in [5.41, 5.74) is 3.72. The van der Waals surface area contributed by atoms with E-state index in [2.05, 4.69) is 25.4 Å². The number of para-hydroxylation sites is 1. The van der Waals surface area contributed by atoms with Gasteiger partial charge in [0.1, 0.15) is 5.75 Å². The van der Waals surface area contributed by atoms with Gasteiger partial charge in [0, 0.05) is 23.2 Å². The van der Waals surface area contributed by atoms with Gasteiger partial charge >= 0.3 is 0 Å². The average molecular weight is 516 g/mol. The Bertz CT molecular complexity index is 1600. The maximum atomic E-state index is 12.4. The molecule has 0 aliphatic carbocycles. The number of fused-ring (bicyclic) bond motifs is 1. The third-order valence-corrected chi connectivity index (χ3v) is 7.03. The Morgan fingerprint density at radius 1 is 0.946 bits per heavy atom. The zero-order valence-corrected chi connectivity index (χ0v) is 20.9. The number of anilines is 2. The monoisotopic (exact) mass is 515 g/mol. The summed E-state index contributed by atoms with van der Waals surface area (Å²) in [5, 5.41) is 16.4. The van der Waals surface area contributed by atoms with Crippen LogP contribution in [0.25, 0.3) is 22.2 Å². The molecule has 0 bridgehead atoms. The molecule has 11 heteroatoms. The first-order valence-electron chi connectivity index (χ1n) is 11.7. The second-order valence-electron chi connectivity index (χ2n) is 8.21. The maximum Gasteiger partial charge on any atom is 0.277 e. The van der Waals surface area contributed by atoms with E-state index in [4.69, 9.17) is 9.72 Å². The molecule has 10 nitrogen and oxygen atoms in total. The number of rotatable bonds is 10. The molecule has 5 aromatic rings. The Morgan fingerprint density at radius 2 is 1.70 bits per heavy atom. The topological polar surface area (TPSA) is 124 Å². The second kappa shape index (κ2) is 10.6. The molecule has 0 fully saturated rings. The lowest BCUT2D eigenvalue weighted by molar-refractivity contribution is 0.415. The number of hydrogen-bond donors (Lipinski definition) is 2. The summed E-state index contributed by atoms with van der Waals surface area (Å²) in [4.78, 5) is 6.33. The smallest absolute Gasteiger partial charge is 0.277 e. The predicted octanol–water partition coefficient (Wildman–Crippen LogP) is 4.20. The highest BCUT2D eigenvalue weighted by atomic mass is 32.2. The Labute approximate surface area is 214 Å². The fraction of sp³-hybridized carbons (Fsp3) is 0.154. The van der Waals surface area contributed by atoms with Crippen molar-refractivity contribution in [3.8, 4) is 17.0 Å². The standard InChI is InChI=1S/C26H25N7O3S/c1-36-20-14-12-19(13-15-20)24-18-25(22-10-5-6-11-23(22)28-24)27-16-7-17-33-30-26(29-32-33)31-37(34,35)21-8-3-2-4-9-21/h2-6,8-15,18H,7,16-17H2,1H3,(H,27,28)(H,30,31). The lowest BCUT2D eigenvalue weighted by Crippen LogP contribution is -2.14. The first-order valence-corrected chi connectivity index (χ1v) is 13.1. The van der Waals surface area contributed by atoms with E-state index in [9.17, 15) is 8.42 Å². The van der Waals surface area contributed by atoms with E-state index in [-0.39, 0.29) is 10.8 Å². The van der Waals surface area contributed by atoms with Gasteiger partial charge in [-0.15, -0.1) is 5.10 Å². The minimum Gasteiger partial charge on any atom is -0.497 e. The molecule has 3 aromatic carbocycles. The van der Waals surface area contributed by atoms with E-state index >= 15 is 0 Å². The fourth-order valence-corrected chi connectivity index (χ4v) is 4.79. The molecule has 37 heavy (non-hydrogen) atoms. The van der Waals surface area contributed by atoms with E-state index in [1.165, 1.54) is 16.9 Å². The molecule has 2 heterocycles. The largest absolute Gasteiger partial charge is 0.497 e. The average Bonchev–Trinajstić information content (AvgIpc) is 3.37. The van der Waals surface area contributed by atoms with Crippen molar-refractivity contribution in [2.75, 3.05) is 23.7 Å². The number of ether oxygens (including phenoxy) is 1. The van der Waals surface area contributed by atoms with Crippen molar-refractivity contribution in [1.82, 2.24) is 25.2 Å². The van der Waals surface area contributed by atoms with Crippen LogP contribution in [-0.2, 0) is 16.6 Å². The maximum absolute atomic E-state index is 12.4. The van der Waals surface area contributed by atoms with Crippen molar-refractivity contribution in [3.63, 3.8) is 0 Å². The summed E-state index contributed by atoms with van der Waals surface area (Å²) < 4.78 is 32.5. The minimum absolute atomic E-state index is 0.0685. The Morgan fingerprint density at radius 3 is 2.49 bits per heavy atom. The van der Waals surface area contributed by atoms with Crippen LogP contribution < -0.4 is 14.8 Å². The second-order valence-corrected chi connectivity index (χ2v) is 9.89. The van der Waals surface area contributed by atoms with Crippen LogP contribution in [0.1, 0.15) is 6.42 Å². The van der Waals surface area contributed by atoms with Gasteiger partial charge in [0.15, 0.2) is 0 Å². The molecule has 0 aliphatic rings. The van der Waals surface area contributed by atoms with Gasteiger partial charge in [-0.3, -0.25) is 0 Å². The molecule has 2 N–H and O–H groups in total. The van der Waals surface area contributed by atoms with Crippen LogP contribution >= 0.6 is 0 Å². The van der Waals surface area contributed by atoms with Crippen LogP contribution in [0.3, 0.4) is 0 Å². The minimum atomic E-state index is -3.77. The molecule has 0 saturated heterocycles. The molecule has 2 aromatic heterocycles. The lowest BCUT2D eigenvalue weighted by Gasteiger charge is -2.12. The molecule has 0 saturated carbocycles. The third-order valence-electron chi connectivity index (χ3n) is 5.68. The van der Waals surface area contributed by atoms with Crippen molar-refractivity contribution in [2.45, 2.75) is 17.9 Å². The van der Waals surface area contributed by atoms with Crippen molar-refractivity contribution in [3.05, 3.63) is 84.9 Å². The van der Waals surface area contributed by atoms with Gasteiger partial charge in [0.05, 0.1) is 29.8 Å². The molecular formula is C26H25N7O3S. The fourth-order valence-electron chi connectivity index (χ4n) is 3.83. The highest BCUT2D eigenvalue weighted by Crippen LogP contribution is 2.29. The van der Waals surface area contributed by atoms with E-state index in [1.54, 1.807) is 25.3 Å². The molecule has 0 radical (unpaired) electrons. The summed E-state index contributed by atoms with van der Waals surface area (Å²) in [6.45, 7) is 1.10. The summed E-state index contributed by atoms with van der Waals surface area (Å²) in [5.74, 6) is 0.724. The summed E-state index contributed by atoms with van der Waals surface area (Å²) in [6, 6.07) is 25.9. The van der Waals surface area contributed by atoms with Gasteiger partial charge in [0.25, 0.3) is 16.0 Å². The molecule has 0 aliphatic heterocycles. The van der Waals surface area contributed by atoms with Gasteiger partial charge < -0.3 is 10.1 Å². The normalized spacial score (nSPS) is 11.4. The highest BCUT2D eigenvalue weighted by molar-refractivity contribution is 7.92. The van der Waals surface area contributed by atoms with Gasteiger partial charge in [0.2, 0.25) is 0 Å². The number of nitrogens with zero attached hydrogens (tertiary/aromatic N) is 5. The predicted molar refractivity (Wildman–Crippen MR) is 142 cm³/mol. The van der Waals surface area contributed by atoms with Crippen LogP contribution in [0, 0.1) is 0 Å². The van der Waals surface area contributed by atoms with Crippen LogP contribution in [-0.4, -0.2) is 47.3 Å². The van der Waals surface area contributed by atoms with Crippen LogP contribution in [0.5, 0.6) is 5.75 Å². The van der Waals surface area contributed by atoms with E-state index in [0.717, 1.165) is 33.6 Å². The number of hydrogen-bond acceptors (Lipinski definition) is 8. The first-order chi connectivity index (χ1) is 18.0. The summed E-state index contributed by atoms with van der Waals surface area (Å²) in [7, 11) is -2.12. The number of pyridine rings is 1. The number of methoxy groups -OCH3 is 1. The Kier molecular flexibility index (Phi) is 6.95. The number of benzene rings is 3. The third kappa shape index (κ3) is 5.67. The molecule has 188 valence electrons. The van der Waals surface area contributed by atoms with Gasteiger partial charge in [-0.2, -0.15) is 4.80 Å². The number of aromatic nitrogens is 5. The number of tetrazole rings is 1. The molecular weight excluding hydrogens is 490 g/mol. The molecule has 0 atom stereocenters. The Balaban J connectivity index is 1.24. The van der Waals surface area contributed by atoms with Crippen molar-refractivity contribution >= 4 is 32.6 Å². The molecule has 5 rings (SSSR count). The van der Waals surface area contributed by atoms with Crippen LogP contribution in [0.2, 0.25) is 0 Å². The molecule has 0 spiro atoms. The van der Waals surface area contributed by atoms with E-state index in [0.29, 0.717) is 19.5 Å². The molecule has 0 amide bonds. The van der Waals surface area contributed by atoms with Gasteiger partial charge in [-0.05, 0) is 60.2 Å². The summed E-state index contributed by atoms with van der Waals surface area (Å²) in [6.07, 6.45) is 0.690. The van der Waals surface area contributed by atoms with Crippen molar-refractivity contribution in [2.24, 2.45) is 0 Å². The van der Waals surface area contributed by atoms with Crippen LogP contribution in [0.4, 0.5) is 11.6 Å². The van der Waals surface area contributed by atoms with E-state index in [1.807, 2.05) is 54.6 Å². The number of nitrogens with one attached hydrogen (secondary N) is 2. The zero-order chi connectivity index (χ0) is 25.7. The van der Waals surface area contributed by atoms with E-state index < -0.39 is 10.0 Å². The van der Waals surface area contributed by atoms with Gasteiger partial charge in [-0.25, -0.2) is 18.1 Å². The lowest BCUT2D eigenvalue weighted by atomic mass is 10.1. The van der Waals surface area contributed by atoms with Gasteiger partial charge in [-0.1, -0.05) is 41.5 Å². The first kappa shape index (κ1) is 24.2. The molecule has 0 unspecified atom stereocenters. The van der Waals surface area contributed by atoms with Crippen molar-refractivity contribution in [1.29, 1.82) is 0 Å². The number of aryl methyl sites for hydroxylation is 1. The van der Waals surface area contributed by atoms with Crippen LogP contribution in [0.15, 0.2) is 89.8 Å². The SMILES string of the molecule is COc1ccc(-c2cc(NCCCn3nnc(NS(=O)(=O)c4ccccc4)n3)c3ccccc3n2)cc1. The highest BCUT2D eigenvalue weighted by Gasteiger charge is 2.16. The Hall–Kier alpha value is -4.51. The van der Waals surface area contributed by atoms with Crippen molar-refractivity contribution < 1.29 is 13.2 Å².